The van der Waals surface area contributed by atoms with E-state index in [2.05, 4.69) is 15.0 Å². The average molecular weight is 401 g/mol. The second-order valence-corrected chi connectivity index (χ2v) is 8.02. The lowest BCUT2D eigenvalue weighted by molar-refractivity contribution is 0.111. The number of benzene rings is 1. The molecule has 0 amide bonds. The maximum absolute atomic E-state index is 13.7. The normalized spacial score (nSPS) is 19.4. The van der Waals surface area contributed by atoms with Crippen LogP contribution in [0.5, 0.6) is 0 Å². The molecule has 3 N–H and O–H groups in total. The second-order valence-electron chi connectivity index (χ2n) is 8.02. The Hall–Kier alpha value is -3.32. The van der Waals surface area contributed by atoms with Crippen LogP contribution < -0.4 is 11.3 Å². The highest BCUT2D eigenvalue weighted by molar-refractivity contribution is 5.87. The fourth-order valence-electron chi connectivity index (χ4n) is 4.45. The summed E-state index contributed by atoms with van der Waals surface area (Å²) in [6.07, 6.45) is 4.21. The lowest BCUT2D eigenvalue weighted by Gasteiger charge is -2.28. The van der Waals surface area contributed by atoms with Crippen molar-refractivity contribution >= 4 is 27.9 Å². The van der Waals surface area contributed by atoms with Crippen LogP contribution in [0.3, 0.4) is 0 Å². The first-order chi connectivity index (χ1) is 14.5. The first kappa shape index (κ1) is 18.7. The molecule has 1 aliphatic carbocycles. The number of nitrogens with zero attached hydrogens (tertiary/aromatic N) is 4. The molecule has 1 fully saturated rings. The molecule has 1 saturated carbocycles. The van der Waals surface area contributed by atoms with Crippen LogP contribution in [0.15, 0.2) is 47.4 Å². The van der Waals surface area contributed by atoms with Gasteiger partial charge in [0.15, 0.2) is 0 Å². The monoisotopic (exact) mass is 401 g/mol. The van der Waals surface area contributed by atoms with Crippen molar-refractivity contribution in [2.75, 3.05) is 5.73 Å². The molecule has 0 bridgehead atoms. The standard InChI is InChI=1S/C23H23N5O2/c1-13-18-11-19(15-10-14-4-2-3-5-20(14)25-12-15)22(30)28(21(18)27-23(24)26-13)16-6-8-17(29)9-7-16/h2-5,10-12,16-17,29H,6-9H2,1H3,(H2,24,26,27). The van der Waals surface area contributed by atoms with E-state index in [1.165, 1.54) is 0 Å². The van der Waals surface area contributed by atoms with E-state index in [9.17, 15) is 9.90 Å². The highest BCUT2D eigenvalue weighted by Crippen LogP contribution is 2.32. The molecule has 5 rings (SSSR count). The van der Waals surface area contributed by atoms with Gasteiger partial charge >= 0.3 is 0 Å². The van der Waals surface area contributed by atoms with Crippen LogP contribution in [-0.2, 0) is 0 Å². The van der Waals surface area contributed by atoms with Crippen molar-refractivity contribution in [3.63, 3.8) is 0 Å². The molecule has 0 atom stereocenters. The Morgan fingerprint density at radius 2 is 1.87 bits per heavy atom. The molecule has 7 nitrogen and oxygen atoms in total. The molecular weight excluding hydrogens is 378 g/mol. The number of anilines is 1. The minimum Gasteiger partial charge on any atom is -0.393 e. The number of fused-ring (bicyclic) bond motifs is 2. The van der Waals surface area contributed by atoms with Crippen molar-refractivity contribution in [1.29, 1.82) is 0 Å². The molecule has 0 aliphatic heterocycles. The zero-order valence-electron chi connectivity index (χ0n) is 16.7. The van der Waals surface area contributed by atoms with Crippen LogP contribution in [0.4, 0.5) is 5.95 Å². The molecule has 1 aliphatic rings. The van der Waals surface area contributed by atoms with E-state index in [-0.39, 0.29) is 23.7 Å². The summed E-state index contributed by atoms with van der Waals surface area (Å²) in [5, 5.41) is 11.7. The number of hydrogen-bond acceptors (Lipinski definition) is 6. The largest absolute Gasteiger partial charge is 0.393 e. The Morgan fingerprint density at radius 3 is 2.67 bits per heavy atom. The average Bonchev–Trinajstić information content (AvgIpc) is 2.74. The van der Waals surface area contributed by atoms with E-state index in [1.807, 2.05) is 43.3 Å². The Labute approximate surface area is 173 Å². The summed E-state index contributed by atoms with van der Waals surface area (Å²) in [7, 11) is 0. The summed E-state index contributed by atoms with van der Waals surface area (Å²) in [5.74, 6) is 0.157. The molecule has 0 unspecified atom stereocenters. The van der Waals surface area contributed by atoms with Gasteiger partial charge in [-0.25, -0.2) is 4.98 Å². The number of hydrogen-bond donors (Lipinski definition) is 2. The number of aliphatic hydroxyl groups excluding tert-OH is 1. The van der Waals surface area contributed by atoms with E-state index < -0.39 is 0 Å². The van der Waals surface area contributed by atoms with Gasteiger partial charge in [-0.2, -0.15) is 4.98 Å². The zero-order valence-corrected chi connectivity index (χ0v) is 16.7. The second kappa shape index (κ2) is 7.18. The molecule has 4 aromatic rings. The van der Waals surface area contributed by atoms with Gasteiger partial charge < -0.3 is 10.8 Å². The summed E-state index contributed by atoms with van der Waals surface area (Å²) >= 11 is 0. The summed E-state index contributed by atoms with van der Waals surface area (Å²) in [4.78, 5) is 27.0. The molecule has 1 aromatic carbocycles. The summed E-state index contributed by atoms with van der Waals surface area (Å²) in [5.41, 5.74) is 9.32. The molecule has 3 aromatic heterocycles. The topological polar surface area (TPSA) is 107 Å². The number of nitrogen functional groups attached to an aromatic ring is 1. The Bertz CT molecular complexity index is 1320. The van der Waals surface area contributed by atoms with Crippen molar-refractivity contribution in [2.45, 2.75) is 44.8 Å². The maximum Gasteiger partial charge on any atom is 0.260 e. The number of aliphatic hydroxyl groups is 1. The van der Waals surface area contributed by atoms with E-state index in [0.717, 1.165) is 40.4 Å². The van der Waals surface area contributed by atoms with Crippen LogP contribution in [0.1, 0.15) is 37.4 Å². The zero-order chi connectivity index (χ0) is 20.8. The predicted octanol–water partition coefficient (Wildman–Crippen LogP) is 3.37. The Balaban J connectivity index is 1.78. The number of pyridine rings is 2. The molecule has 7 heteroatoms. The molecule has 0 radical (unpaired) electrons. The van der Waals surface area contributed by atoms with Gasteiger partial charge in [0.1, 0.15) is 5.65 Å². The minimum atomic E-state index is -0.308. The van der Waals surface area contributed by atoms with Gasteiger partial charge in [-0.1, -0.05) is 18.2 Å². The van der Waals surface area contributed by atoms with Gasteiger partial charge in [-0.15, -0.1) is 0 Å². The van der Waals surface area contributed by atoms with Crippen LogP contribution >= 0.6 is 0 Å². The highest BCUT2D eigenvalue weighted by atomic mass is 16.3. The van der Waals surface area contributed by atoms with Crippen molar-refractivity contribution in [2.24, 2.45) is 0 Å². The lowest BCUT2D eigenvalue weighted by atomic mass is 9.92. The fraction of sp³-hybridized carbons (Fsp3) is 0.304. The first-order valence-electron chi connectivity index (χ1n) is 10.2. The third kappa shape index (κ3) is 3.11. The minimum absolute atomic E-state index is 0.0366. The lowest BCUT2D eigenvalue weighted by Crippen LogP contribution is -2.31. The number of aryl methyl sites for hydroxylation is 1. The summed E-state index contributed by atoms with van der Waals surface area (Å²) < 4.78 is 1.76. The van der Waals surface area contributed by atoms with E-state index >= 15 is 0 Å². The Kier molecular flexibility index (Phi) is 4.47. The molecule has 30 heavy (non-hydrogen) atoms. The third-order valence-electron chi connectivity index (χ3n) is 6.03. The van der Waals surface area contributed by atoms with Crippen LogP contribution in [0.2, 0.25) is 0 Å². The molecule has 152 valence electrons. The molecule has 0 spiro atoms. The smallest absolute Gasteiger partial charge is 0.260 e. The molecular formula is C23H23N5O2. The predicted molar refractivity (Wildman–Crippen MR) is 117 cm³/mol. The van der Waals surface area contributed by atoms with Crippen molar-refractivity contribution in [3.05, 3.63) is 58.6 Å². The van der Waals surface area contributed by atoms with Gasteiger partial charge in [-0.05, 0) is 50.8 Å². The number of aromatic nitrogens is 4. The van der Waals surface area contributed by atoms with Gasteiger partial charge in [0.25, 0.3) is 5.56 Å². The van der Waals surface area contributed by atoms with E-state index in [0.29, 0.717) is 24.1 Å². The van der Waals surface area contributed by atoms with Crippen molar-refractivity contribution in [1.82, 2.24) is 19.5 Å². The SMILES string of the molecule is Cc1nc(N)nc2c1cc(-c1cnc3ccccc3c1)c(=O)n2C1CCC(O)CC1. The Morgan fingerprint density at radius 1 is 1.10 bits per heavy atom. The fourth-order valence-corrected chi connectivity index (χ4v) is 4.45. The summed E-state index contributed by atoms with van der Waals surface area (Å²) in [6.45, 7) is 1.88. The first-order valence-corrected chi connectivity index (χ1v) is 10.2. The quantitative estimate of drug-likeness (QED) is 0.533. The molecule has 0 saturated heterocycles. The van der Waals surface area contributed by atoms with Gasteiger partial charge in [0, 0.05) is 34.1 Å². The number of rotatable bonds is 2. The van der Waals surface area contributed by atoms with Crippen LogP contribution in [-0.4, -0.2) is 30.7 Å². The van der Waals surface area contributed by atoms with Crippen LogP contribution in [0, 0.1) is 6.92 Å². The third-order valence-corrected chi connectivity index (χ3v) is 6.03. The maximum atomic E-state index is 13.7. The van der Waals surface area contributed by atoms with Crippen LogP contribution in [0.25, 0.3) is 33.1 Å². The van der Waals surface area contributed by atoms with Crippen molar-refractivity contribution < 1.29 is 5.11 Å². The van der Waals surface area contributed by atoms with E-state index in [1.54, 1.807) is 10.8 Å². The van der Waals surface area contributed by atoms with E-state index in [4.69, 9.17) is 5.73 Å². The molecule has 3 heterocycles. The number of para-hydroxylation sites is 1. The van der Waals surface area contributed by atoms with Gasteiger partial charge in [-0.3, -0.25) is 14.3 Å². The summed E-state index contributed by atoms with van der Waals surface area (Å²) in [6, 6.07) is 11.7. The van der Waals surface area contributed by atoms with Gasteiger partial charge in [0.05, 0.1) is 17.3 Å². The highest BCUT2D eigenvalue weighted by Gasteiger charge is 2.25. The van der Waals surface area contributed by atoms with Crippen molar-refractivity contribution in [3.8, 4) is 11.1 Å². The number of nitrogens with two attached hydrogens (primary N) is 1. The van der Waals surface area contributed by atoms with Gasteiger partial charge in [0.2, 0.25) is 5.95 Å².